The van der Waals surface area contributed by atoms with Gasteiger partial charge in [-0.05, 0) is 24.3 Å². The fourth-order valence-electron chi connectivity index (χ4n) is 2.59. The number of benzene rings is 1. The van der Waals surface area contributed by atoms with Gasteiger partial charge >= 0.3 is 0 Å². The molecule has 0 unspecified atom stereocenters. The summed E-state index contributed by atoms with van der Waals surface area (Å²) in [6.45, 7) is -0.639. The zero-order valence-electron chi connectivity index (χ0n) is 15.1. The molecule has 0 atom stereocenters. The molecule has 10 heteroatoms. The average Bonchev–Trinajstić information content (AvgIpc) is 3.30. The fourth-order valence-corrected chi connectivity index (χ4v) is 2.59. The predicted molar refractivity (Wildman–Crippen MR) is 103 cm³/mol. The van der Waals surface area contributed by atoms with E-state index in [9.17, 15) is 19.5 Å². The number of aromatic nitrogens is 1. The standard InChI is InChI=1S/C19H17N5O5/c20-15(25)11-24-14-6-2-1-5-13(14)18(19(24)28)23-22-17(27)10-21-16(26)8-7-12-4-3-9-29-12/h1-9,28H,10-11H2,(H2,20,25)(H,21,26)/b8-7+,23-22?. The first-order valence-electron chi connectivity index (χ1n) is 8.48. The SMILES string of the molecule is NC(=O)Cn1c(O)c(N=NC(=O)CNC(=O)/C=C/c2ccco2)c2ccccc21. The number of hydrogen-bond acceptors (Lipinski definition) is 6. The molecule has 29 heavy (non-hydrogen) atoms. The van der Waals surface area contributed by atoms with E-state index in [2.05, 4.69) is 15.5 Å². The van der Waals surface area contributed by atoms with Crippen molar-refractivity contribution in [2.45, 2.75) is 6.54 Å². The third-order valence-electron chi connectivity index (χ3n) is 3.85. The van der Waals surface area contributed by atoms with Gasteiger partial charge in [0, 0.05) is 11.5 Å². The third kappa shape index (κ3) is 4.75. The van der Waals surface area contributed by atoms with Gasteiger partial charge in [-0.2, -0.15) is 0 Å². The molecular formula is C19H17N5O5. The molecule has 0 bridgehead atoms. The molecule has 148 valence electrons. The van der Waals surface area contributed by atoms with Crippen LogP contribution in [0.4, 0.5) is 5.69 Å². The Balaban J connectivity index is 1.68. The Kier molecular flexibility index (Phi) is 5.83. The zero-order chi connectivity index (χ0) is 20.8. The van der Waals surface area contributed by atoms with Gasteiger partial charge in [-0.25, -0.2) is 0 Å². The molecule has 0 saturated carbocycles. The quantitative estimate of drug-likeness (QED) is 0.412. The molecule has 3 rings (SSSR count). The summed E-state index contributed by atoms with van der Waals surface area (Å²) in [4.78, 5) is 34.9. The van der Waals surface area contributed by atoms with Crippen molar-refractivity contribution in [3.8, 4) is 5.88 Å². The van der Waals surface area contributed by atoms with E-state index in [4.69, 9.17) is 10.2 Å². The maximum Gasteiger partial charge on any atom is 0.283 e. The summed E-state index contributed by atoms with van der Waals surface area (Å²) in [5.41, 5.74) is 5.75. The summed E-state index contributed by atoms with van der Waals surface area (Å²) < 4.78 is 6.32. The Morgan fingerprint density at radius 2 is 2.00 bits per heavy atom. The first-order valence-corrected chi connectivity index (χ1v) is 8.48. The lowest BCUT2D eigenvalue weighted by atomic mass is 10.2. The molecule has 2 aromatic heterocycles. The second-order valence-electron chi connectivity index (χ2n) is 5.90. The van der Waals surface area contributed by atoms with Gasteiger partial charge in [0.15, 0.2) is 5.69 Å². The molecule has 0 aliphatic rings. The van der Waals surface area contributed by atoms with Crippen LogP contribution in [0.25, 0.3) is 17.0 Å². The lowest BCUT2D eigenvalue weighted by Crippen LogP contribution is -2.26. The molecule has 0 aliphatic heterocycles. The molecule has 0 radical (unpaired) electrons. The highest BCUT2D eigenvalue weighted by Gasteiger charge is 2.17. The van der Waals surface area contributed by atoms with Crippen LogP contribution >= 0.6 is 0 Å². The van der Waals surface area contributed by atoms with Crippen molar-refractivity contribution in [1.82, 2.24) is 9.88 Å². The molecule has 3 amide bonds. The van der Waals surface area contributed by atoms with Crippen molar-refractivity contribution in [2.24, 2.45) is 16.0 Å². The van der Waals surface area contributed by atoms with E-state index in [0.717, 1.165) is 0 Å². The molecule has 0 aliphatic carbocycles. The van der Waals surface area contributed by atoms with Gasteiger partial charge in [-0.3, -0.25) is 14.4 Å². The molecular weight excluding hydrogens is 378 g/mol. The lowest BCUT2D eigenvalue weighted by molar-refractivity contribution is -0.122. The van der Waals surface area contributed by atoms with E-state index in [1.54, 1.807) is 36.4 Å². The van der Waals surface area contributed by atoms with Gasteiger partial charge in [0.2, 0.25) is 17.7 Å². The van der Waals surface area contributed by atoms with E-state index < -0.39 is 17.7 Å². The van der Waals surface area contributed by atoms with Gasteiger partial charge in [-0.1, -0.05) is 18.2 Å². The smallest absolute Gasteiger partial charge is 0.283 e. The zero-order valence-corrected chi connectivity index (χ0v) is 15.1. The number of rotatable bonds is 7. The van der Waals surface area contributed by atoms with Crippen LogP contribution in [0, 0.1) is 0 Å². The topological polar surface area (TPSA) is 152 Å². The Hall–Kier alpha value is -4.21. The van der Waals surface area contributed by atoms with Crippen molar-refractivity contribution in [2.75, 3.05) is 6.54 Å². The van der Waals surface area contributed by atoms with Crippen LogP contribution in [-0.4, -0.2) is 33.9 Å². The van der Waals surface area contributed by atoms with Gasteiger partial charge in [-0.15, -0.1) is 10.2 Å². The number of carbonyl (C=O) groups is 3. The van der Waals surface area contributed by atoms with E-state index in [1.807, 2.05) is 0 Å². The largest absolute Gasteiger partial charge is 0.493 e. The summed E-state index contributed by atoms with van der Waals surface area (Å²) in [6.07, 6.45) is 4.14. The Morgan fingerprint density at radius 1 is 1.21 bits per heavy atom. The first kappa shape index (κ1) is 19.5. The Morgan fingerprint density at radius 3 is 2.72 bits per heavy atom. The number of nitrogens with two attached hydrogens (primary N) is 1. The second-order valence-corrected chi connectivity index (χ2v) is 5.90. The minimum absolute atomic E-state index is 0.0271. The van der Waals surface area contributed by atoms with Gasteiger partial charge in [0.1, 0.15) is 18.8 Å². The van der Waals surface area contributed by atoms with E-state index in [0.29, 0.717) is 16.7 Å². The number of primary amides is 1. The number of para-hydroxylation sites is 1. The summed E-state index contributed by atoms with van der Waals surface area (Å²) in [5, 5.41) is 20.5. The van der Waals surface area contributed by atoms with E-state index in [1.165, 1.54) is 23.0 Å². The Bertz CT molecular complexity index is 1110. The first-order chi connectivity index (χ1) is 14.0. The number of nitrogens with one attached hydrogen (secondary N) is 1. The summed E-state index contributed by atoms with van der Waals surface area (Å²) in [7, 11) is 0. The Labute approximate surface area is 164 Å². The number of fused-ring (bicyclic) bond motifs is 1. The van der Waals surface area contributed by atoms with Crippen molar-refractivity contribution >= 4 is 40.4 Å². The maximum atomic E-state index is 11.9. The predicted octanol–water partition coefficient (Wildman–Crippen LogP) is 1.87. The molecule has 3 aromatic rings. The molecule has 1 aromatic carbocycles. The van der Waals surface area contributed by atoms with Crippen LogP contribution in [-0.2, 0) is 20.9 Å². The van der Waals surface area contributed by atoms with Gasteiger partial charge < -0.3 is 25.1 Å². The average molecular weight is 395 g/mol. The van der Waals surface area contributed by atoms with Crippen molar-refractivity contribution in [3.05, 3.63) is 54.5 Å². The van der Waals surface area contributed by atoms with Crippen molar-refractivity contribution in [1.29, 1.82) is 0 Å². The van der Waals surface area contributed by atoms with Crippen LogP contribution in [0.15, 0.2) is 63.4 Å². The fraction of sp³-hybridized carbons (Fsp3) is 0.105. The van der Waals surface area contributed by atoms with Crippen LogP contribution in [0.5, 0.6) is 5.88 Å². The number of carbonyl (C=O) groups excluding carboxylic acids is 3. The van der Waals surface area contributed by atoms with Crippen molar-refractivity contribution < 1.29 is 23.9 Å². The van der Waals surface area contributed by atoms with Crippen LogP contribution in [0.3, 0.4) is 0 Å². The third-order valence-corrected chi connectivity index (χ3v) is 3.85. The molecule has 0 saturated heterocycles. The monoisotopic (exact) mass is 395 g/mol. The van der Waals surface area contributed by atoms with Crippen LogP contribution in [0.2, 0.25) is 0 Å². The highest BCUT2D eigenvalue weighted by Crippen LogP contribution is 2.38. The minimum Gasteiger partial charge on any atom is -0.493 e. The second kappa shape index (κ2) is 8.65. The highest BCUT2D eigenvalue weighted by molar-refractivity contribution is 5.97. The lowest BCUT2D eigenvalue weighted by Gasteiger charge is -2.02. The van der Waals surface area contributed by atoms with Gasteiger partial charge in [0.25, 0.3) is 5.91 Å². The molecule has 10 nitrogen and oxygen atoms in total. The highest BCUT2D eigenvalue weighted by atomic mass is 16.3. The van der Waals surface area contributed by atoms with E-state index >= 15 is 0 Å². The van der Waals surface area contributed by atoms with Crippen molar-refractivity contribution in [3.63, 3.8) is 0 Å². The van der Waals surface area contributed by atoms with Crippen LogP contribution < -0.4 is 11.1 Å². The molecule has 2 heterocycles. The summed E-state index contributed by atoms with van der Waals surface area (Å²) >= 11 is 0. The maximum absolute atomic E-state index is 11.9. The van der Waals surface area contributed by atoms with Gasteiger partial charge in [0.05, 0.1) is 11.8 Å². The van der Waals surface area contributed by atoms with Crippen LogP contribution in [0.1, 0.15) is 5.76 Å². The summed E-state index contributed by atoms with van der Waals surface area (Å²) in [6, 6.07) is 10.1. The number of hydrogen-bond donors (Lipinski definition) is 3. The normalized spacial score (nSPS) is 11.4. The van der Waals surface area contributed by atoms with E-state index in [-0.39, 0.29) is 24.7 Å². The number of furan rings is 1. The molecule has 4 N–H and O–H groups in total. The molecule has 0 spiro atoms. The number of amides is 3. The molecule has 0 fully saturated rings. The number of azo groups is 1. The summed E-state index contributed by atoms with van der Waals surface area (Å²) in [5.74, 6) is -1.73. The number of nitrogens with zero attached hydrogens (tertiary/aromatic N) is 3. The minimum atomic E-state index is -0.726. The number of aromatic hydroxyl groups is 1.